The van der Waals surface area contributed by atoms with Crippen molar-refractivity contribution in [2.24, 2.45) is 9.39 Å². The van der Waals surface area contributed by atoms with Crippen LogP contribution in [-0.4, -0.2) is 47.6 Å². The van der Waals surface area contributed by atoms with Crippen LogP contribution in [0.25, 0.3) is 11.3 Å². The van der Waals surface area contributed by atoms with Crippen LogP contribution in [0.2, 0.25) is 5.02 Å². The zero-order valence-electron chi connectivity index (χ0n) is 12.4. The molecule has 0 fully saturated rings. The average Bonchev–Trinajstić information content (AvgIpc) is 3.00. The Labute approximate surface area is 143 Å². The average molecular weight is 362 g/mol. The van der Waals surface area contributed by atoms with Gasteiger partial charge in [-0.1, -0.05) is 23.7 Å². The zero-order chi connectivity index (χ0) is 16.7. The molecule has 3 heterocycles. The smallest absolute Gasteiger partial charge is 0.256 e. The highest BCUT2D eigenvalue weighted by Crippen LogP contribution is 2.25. The maximum atomic E-state index is 11.8. The van der Waals surface area contributed by atoms with E-state index >= 15 is 0 Å². The van der Waals surface area contributed by atoms with E-state index in [1.165, 1.54) is 0 Å². The largest absolute Gasteiger partial charge is 0.315 e. The van der Waals surface area contributed by atoms with E-state index in [0.29, 0.717) is 23.0 Å². The van der Waals surface area contributed by atoms with Crippen LogP contribution in [0.1, 0.15) is 5.56 Å². The lowest BCUT2D eigenvalue weighted by Gasteiger charge is -2.28. The minimum absolute atomic E-state index is 0.00516. The van der Waals surface area contributed by atoms with Crippen molar-refractivity contribution in [2.45, 2.75) is 0 Å². The van der Waals surface area contributed by atoms with Crippen LogP contribution in [0.5, 0.6) is 0 Å². The Bertz CT molecular complexity index is 989. The maximum Gasteiger partial charge on any atom is 0.256 e. The van der Waals surface area contributed by atoms with E-state index in [1.54, 1.807) is 34.5 Å². The molecule has 0 atom stereocenters. The Morgan fingerprint density at radius 2 is 1.96 bits per heavy atom. The molecular weight excluding hydrogens is 350 g/mol. The Kier molecular flexibility index (Phi) is 3.50. The highest BCUT2D eigenvalue weighted by molar-refractivity contribution is 7.90. The van der Waals surface area contributed by atoms with Gasteiger partial charge in [0.15, 0.2) is 5.84 Å². The number of hydrogen-bond donors (Lipinski definition) is 0. The predicted octanol–water partition coefficient (Wildman–Crippen LogP) is 1.95. The third-order valence-corrected chi connectivity index (χ3v) is 5.08. The second-order valence-electron chi connectivity index (χ2n) is 5.35. The summed E-state index contributed by atoms with van der Waals surface area (Å²) in [5.74, 6) is 0.403. The van der Waals surface area contributed by atoms with Gasteiger partial charge in [0.25, 0.3) is 10.0 Å². The summed E-state index contributed by atoms with van der Waals surface area (Å²) >= 11 is 5.88. The molecule has 0 radical (unpaired) electrons. The van der Waals surface area contributed by atoms with Crippen LogP contribution in [0.3, 0.4) is 0 Å². The molecule has 0 spiro atoms. The molecule has 0 amide bonds. The number of hydrogen-bond acceptors (Lipinski definition) is 5. The Balaban J connectivity index is 1.72. The fraction of sp³-hybridized carbons (Fsp3) is 0.133. The molecule has 122 valence electrons. The first kappa shape index (κ1) is 15.1. The van der Waals surface area contributed by atoms with Crippen molar-refractivity contribution in [3.8, 4) is 5.69 Å². The van der Waals surface area contributed by atoms with Crippen LogP contribution in [0.15, 0.2) is 52.2 Å². The summed E-state index contributed by atoms with van der Waals surface area (Å²) in [7, 11) is -3.43. The molecule has 0 unspecified atom stereocenters. The fourth-order valence-corrected chi connectivity index (χ4v) is 3.67. The van der Waals surface area contributed by atoms with Gasteiger partial charge in [-0.15, -0.1) is 4.40 Å². The number of aliphatic imine (C=N–C) groups is 1. The zero-order valence-corrected chi connectivity index (χ0v) is 13.9. The van der Waals surface area contributed by atoms with E-state index in [0.717, 1.165) is 11.3 Å². The summed E-state index contributed by atoms with van der Waals surface area (Å²) in [5, 5.41) is 4.70. The number of fused-ring (bicyclic) bond motifs is 1. The van der Waals surface area contributed by atoms with E-state index < -0.39 is 10.0 Å². The monoisotopic (exact) mass is 361 g/mol. The van der Waals surface area contributed by atoms with Crippen molar-refractivity contribution in [1.82, 2.24) is 14.7 Å². The summed E-state index contributed by atoms with van der Waals surface area (Å²) in [5.41, 5.74) is 2.35. The highest BCUT2D eigenvalue weighted by atomic mass is 35.5. The Morgan fingerprint density at radius 1 is 1.17 bits per heavy atom. The van der Waals surface area contributed by atoms with Gasteiger partial charge in [-0.3, -0.25) is 0 Å². The number of amidine groups is 1. The second-order valence-corrected chi connectivity index (χ2v) is 7.54. The summed E-state index contributed by atoms with van der Waals surface area (Å²) in [6.07, 6.45) is 6.49. The van der Waals surface area contributed by atoms with E-state index in [9.17, 15) is 8.42 Å². The van der Waals surface area contributed by atoms with E-state index in [-0.39, 0.29) is 5.75 Å². The van der Waals surface area contributed by atoms with Crippen molar-refractivity contribution < 1.29 is 8.42 Å². The van der Waals surface area contributed by atoms with Crippen LogP contribution >= 0.6 is 11.6 Å². The van der Waals surface area contributed by atoms with E-state index in [1.807, 2.05) is 24.3 Å². The quantitative estimate of drug-likeness (QED) is 0.818. The van der Waals surface area contributed by atoms with Crippen LogP contribution in [0.4, 0.5) is 0 Å². The number of aromatic nitrogens is 2. The number of benzene rings is 1. The maximum absolute atomic E-state index is 11.8. The number of nitrogens with zero attached hydrogens (tertiary/aromatic N) is 5. The number of sulfonamides is 1. The molecule has 2 aliphatic heterocycles. The van der Waals surface area contributed by atoms with Crippen LogP contribution < -0.4 is 0 Å². The summed E-state index contributed by atoms with van der Waals surface area (Å²) in [6.45, 7) is 0.353. The lowest BCUT2D eigenvalue weighted by molar-refractivity contribution is 0.574. The van der Waals surface area contributed by atoms with Crippen LogP contribution in [0, 0.1) is 0 Å². The molecule has 0 aliphatic carbocycles. The molecular formula is C15H12ClN5O2S. The van der Waals surface area contributed by atoms with Gasteiger partial charge in [-0.05, 0) is 17.7 Å². The molecule has 0 saturated heterocycles. The van der Waals surface area contributed by atoms with Gasteiger partial charge in [-0.25, -0.2) is 18.1 Å². The molecule has 1 aromatic heterocycles. The summed E-state index contributed by atoms with van der Waals surface area (Å²) in [4.78, 5) is 5.93. The number of rotatable bonds is 2. The van der Waals surface area contributed by atoms with Gasteiger partial charge >= 0.3 is 0 Å². The molecule has 24 heavy (non-hydrogen) atoms. The molecule has 0 saturated carbocycles. The fourth-order valence-electron chi connectivity index (χ4n) is 2.55. The van der Waals surface area contributed by atoms with Gasteiger partial charge in [0.05, 0.1) is 29.0 Å². The second kappa shape index (κ2) is 5.57. The molecule has 2 aromatic rings. The molecule has 7 nitrogen and oxygen atoms in total. The molecule has 2 aliphatic rings. The third kappa shape index (κ3) is 2.74. The first-order valence-corrected chi connectivity index (χ1v) is 9.15. The van der Waals surface area contributed by atoms with Gasteiger partial charge in [0.1, 0.15) is 0 Å². The highest BCUT2D eigenvalue weighted by Gasteiger charge is 2.28. The standard InChI is InChI=1S/C15H12ClN5O2S/c16-12-7-18-21(9-12)13-3-1-11(2-4-13)14-8-17-10-20-5-6-24(22,23)19-15(14)20/h1-4,7-10H,5-6H2. The molecule has 9 heteroatoms. The van der Waals surface area contributed by atoms with Crippen molar-refractivity contribution in [3.63, 3.8) is 0 Å². The van der Waals surface area contributed by atoms with Crippen molar-refractivity contribution >= 4 is 39.4 Å². The topological polar surface area (TPSA) is 79.9 Å². The van der Waals surface area contributed by atoms with Gasteiger partial charge < -0.3 is 4.90 Å². The van der Waals surface area contributed by atoms with Gasteiger partial charge in [0.2, 0.25) is 0 Å². The normalized spacial score (nSPS) is 18.8. The summed E-state index contributed by atoms with van der Waals surface area (Å²) in [6, 6.07) is 7.50. The van der Waals surface area contributed by atoms with Crippen molar-refractivity contribution in [1.29, 1.82) is 0 Å². The SMILES string of the molecule is O=S1(=O)CCN2C=NC=C(c3ccc(-n4cc(Cl)cn4)cc3)C2=N1. The van der Waals surface area contributed by atoms with Crippen molar-refractivity contribution in [2.75, 3.05) is 12.3 Å². The lowest BCUT2D eigenvalue weighted by atomic mass is 10.0. The third-order valence-electron chi connectivity index (χ3n) is 3.73. The van der Waals surface area contributed by atoms with Crippen molar-refractivity contribution in [3.05, 3.63) is 53.4 Å². The minimum atomic E-state index is -3.43. The minimum Gasteiger partial charge on any atom is -0.315 e. The molecule has 0 N–H and O–H groups in total. The summed E-state index contributed by atoms with van der Waals surface area (Å²) < 4.78 is 29.2. The molecule has 1 aromatic carbocycles. The first-order chi connectivity index (χ1) is 11.5. The van der Waals surface area contributed by atoms with Crippen LogP contribution in [-0.2, 0) is 10.0 Å². The first-order valence-electron chi connectivity index (χ1n) is 7.16. The van der Waals surface area contributed by atoms with Gasteiger partial charge in [-0.2, -0.15) is 5.10 Å². The number of halogens is 1. The Morgan fingerprint density at radius 3 is 2.67 bits per heavy atom. The predicted molar refractivity (Wildman–Crippen MR) is 93.0 cm³/mol. The van der Waals surface area contributed by atoms with E-state index in [2.05, 4.69) is 14.5 Å². The van der Waals surface area contributed by atoms with Gasteiger partial charge in [0, 0.05) is 24.5 Å². The lowest BCUT2D eigenvalue weighted by Crippen LogP contribution is -2.40. The molecule has 4 rings (SSSR count). The molecule has 0 bridgehead atoms. The Hall–Kier alpha value is -2.45. The van der Waals surface area contributed by atoms with E-state index in [4.69, 9.17) is 11.6 Å².